The van der Waals surface area contributed by atoms with Crippen LogP contribution in [0, 0.1) is 0 Å². The van der Waals surface area contributed by atoms with E-state index >= 15 is 0 Å². The van der Waals surface area contributed by atoms with Crippen molar-refractivity contribution in [3.8, 4) is 0 Å². The summed E-state index contributed by atoms with van der Waals surface area (Å²) in [5.74, 6) is -0.369. The molecule has 1 saturated heterocycles. The van der Waals surface area contributed by atoms with Crippen molar-refractivity contribution in [1.29, 1.82) is 0 Å². The van der Waals surface area contributed by atoms with Crippen LogP contribution in [0.4, 0.5) is 11.4 Å². The van der Waals surface area contributed by atoms with E-state index in [4.69, 9.17) is 0 Å². The Hall–Kier alpha value is -2.45. The predicted octanol–water partition coefficient (Wildman–Crippen LogP) is 3.35. The lowest BCUT2D eigenvalue weighted by Crippen LogP contribution is -2.35. The van der Waals surface area contributed by atoms with Gasteiger partial charge in [0.1, 0.15) is 5.69 Å². The highest BCUT2D eigenvalue weighted by Gasteiger charge is 2.27. The number of aromatic nitrogens is 1. The Morgan fingerprint density at radius 3 is 2.45 bits per heavy atom. The van der Waals surface area contributed by atoms with Crippen LogP contribution in [0.2, 0.25) is 0 Å². The van der Waals surface area contributed by atoms with Gasteiger partial charge in [0, 0.05) is 32.4 Å². The van der Waals surface area contributed by atoms with Crippen molar-refractivity contribution in [3.05, 3.63) is 48.3 Å². The van der Waals surface area contributed by atoms with E-state index in [1.165, 1.54) is 4.31 Å². The molecule has 0 radical (unpaired) electrons. The molecule has 1 aliphatic rings. The number of hydrogen-bond acceptors (Lipinski definition) is 5. The minimum Gasteiger partial charge on any atom is -0.370 e. The van der Waals surface area contributed by atoms with Gasteiger partial charge in [-0.2, -0.15) is 4.31 Å². The molecule has 8 heteroatoms. The number of rotatable bonds is 7. The van der Waals surface area contributed by atoms with Crippen LogP contribution in [0.1, 0.15) is 43.6 Å². The average molecular weight is 417 g/mol. The van der Waals surface area contributed by atoms with Gasteiger partial charge in [-0.05, 0) is 57.0 Å². The second kappa shape index (κ2) is 9.37. The molecular formula is C21H28N4O3S. The van der Waals surface area contributed by atoms with E-state index in [1.54, 1.807) is 42.6 Å². The number of piperidine rings is 1. The Morgan fingerprint density at radius 1 is 1.10 bits per heavy atom. The number of carbonyl (C=O) groups is 1. The molecule has 2 aromatic rings. The molecule has 0 bridgehead atoms. The highest BCUT2D eigenvalue weighted by molar-refractivity contribution is 7.89. The molecule has 3 rings (SSSR count). The van der Waals surface area contributed by atoms with Crippen molar-refractivity contribution < 1.29 is 13.2 Å². The maximum atomic E-state index is 13.1. The fraction of sp³-hybridized carbons (Fsp3) is 0.429. The molecule has 1 aromatic carbocycles. The molecule has 1 aromatic heterocycles. The zero-order valence-corrected chi connectivity index (χ0v) is 17.8. The molecule has 0 atom stereocenters. The number of hydrogen-bond donors (Lipinski definition) is 1. The summed E-state index contributed by atoms with van der Waals surface area (Å²) in [6.07, 6.45) is 4.36. The topological polar surface area (TPSA) is 82.6 Å². The van der Waals surface area contributed by atoms with Crippen molar-refractivity contribution in [1.82, 2.24) is 9.29 Å². The molecule has 1 aliphatic heterocycles. The summed E-state index contributed by atoms with van der Waals surface area (Å²) >= 11 is 0. The molecule has 0 unspecified atom stereocenters. The molecule has 0 spiro atoms. The number of anilines is 2. The van der Waals surface area contributed by atoms with Gasteiger partial charge in [0.15, 0.2) is 0 Å². The molecule has 0 aliphatic carbocycles. The van der Waals surface area contributed by atoms with Gasteiger partial charge in [0.2, 0.25) is 10.0 Å². The number of amides is 1. The predicted molar refractivity (Wildman–Crippen MR) is 115 cm³/mol. The third-order valence-electron chi connectivity index (χ3n) is 5.17. The van der Waals surface area contributed by atoms with Crippen molar-refractivity contribution in [2.45, 2.75) is 38.0 Å². The maximum Gasteiger partial charge on any atom is 0.274 e. The summed E-state index contributed by atoms with van der Waals surface area (Å²) in [6, 6.07) is 10.1. The standard InChI is InChI=1S/C21H28N4O3S/c1-3-24(4-2)20-12-11-17(29(27,28)25-14-8-5-9-15-25)16-19(20)23-21(26)18-10-6-7-13-22-18/h6-7,10-13,16H,3-5,8-9,14-15H2,1-2H3,(H,23,26). The smallest absolute Gasteiger partial charge is 0.274 e. The van der Waals surface area contributed by atoms with E-state index in [1.807, 2.05) is 13.8 Å². The zero-order valence-electron chi connectivity index (χ0n) is 17.0. The lowest BCUT2D eigenvalue weighted by Gasteiger charge is -2.28. The number of benzene rings is 1. The monoisotopic (exact) mass is 416 g/mol. The van der Waals surface area contributed by atoms with Crippen molar-refractivity contribution >= 4 is 27.3 Å². The fourth-order valence-electron chi connectivity index (χ4n) is 3.55. The van der Waals surface area contributed by atoms with Crippen LogP contribution in [0.25, 0.3) is 0 Å². The number of nitrogens with zero attached hydrogens (tertiary/aromatic N) is 3. The maximum absolute atomic E-state index is 13.1. The van der Waals surface area contributed by atoms with Crippen LogP contribution >= 0.6 is 0 Å². The quantitative estimate of drug-likeness (QED) is 0.748. The van der Waals surface area contributed by atoms with Gasteiger partial charge in [-0.25, -0.2) is 8.42 Å². The molecule has 156 valence electrons. The molecule has 7 nitrogen and oxygen atoms in total. The SMILES string of the molecule is CCN(CC)c1ccc(S(=O)(=O)N2CCCCC2)cc1NC(=O)c1ccccn1. The Labute approximate surface area is 172 Å². The van der Waals surface area contributed by atoms with Gasteiger partial charge in [0.25, 0.3) is 5.91 Å². The Kier molecular flexibility index (Phi) is 6.87. The van der Waals surface area contributed by atoms with Crippen molar-refractivity contribution in [2.75, 3.05) is 36.4 Å². The minimum atomic E-state index is -3.59. The second-order valence-electron chi connectivity index (χ2n) is 6.99. The fourth-order valence-corrected chi connectivity index (χ4v) is 5.10. The zero-order chi connectivity index (χ0) is 20.9. The second-order valence-corrected chi connectivity index (χ2v) is 8.92. The van der Waals surface area contributed by atoms with Crippen molar-refractivity contribution in [2.24, 2.45) is 0 Å². The van der Waals surface area contributed by atoms with Crippen LogP contribution in [0.3, 0.4) is 0 Å². The van der Waals surface area contributed by atoms with Crippen LogP contribution in [-0.2, 0) is 10.0 Å². The lowest BCUT2D eigenvalue weighted by molar-refractivity contribution is 0.102. The summed E-state index contributed by atoms with van der Waals surface area (Å²) in [7, 11) is -3.59. The summed E-state index contributed by atoms with van der Waals surface area (Å²) in [4.78, 5) is 19.0. The first-order chi connectivity index (χ1) is 14.0. The van der Waals surface area contributed by atoms with Crippen LogP contribution < -0.4 is 10.2 Å². The van der Waals surface area contributed by atoms with Crippen molar-refractivity contribution in [3.63, 3.8) is 0 Å². The van der Waals surface area contributed by atoms with Gasteiger partial charge < -0.3 is 10.2 Å². The summed E-state index contributed by atoms with van der Waals surface area (Å²) in [5.41, 5.74) is 1.54. The van der Waals surface area contributed by atoms with E-state index in [9.17, 15) is 13.2 Å². The Morgan fingerprint density at radius 2 is 1.83 bits per heavy atom. The number of nitrogens with one attached hydrogen (secondary N) is 1. The molecule has 2 heterocycles. The van der Waals surface area contributed by atoms with Crippen LogP contribution in [0.15, 0.2) is 47.5 Å². The van der Waals surface area contributed by atoms with Gasteiger partial charge in [-0.1, -0.05) is 12.5 Å². The summed E-state index contributed by atoms with van der Waals surface area (Å²) in [6.45, 7) is 6.59. The summed E-state index contributed by atoms with van der Waals surface area (Å²) < 4.78 is 27.7. The molecule has 1 amide bonds. The first-order valence-electron chi connectivity index (χ1n) is 10.1. The van der Waals surface area contributed by atoms with E-state index in [2.05, 4.69) is 15.2 Å². The van der Waals surface area contributed by atoms with E-state index in [-0.39, 0.29) is 16.5 Å². The number of sulfonamides is 1. The first-order valence-corrected chi connectivity index (χ1v) is 11.5. The molecule has 29 heavy (non-hydrogen) atoms. The highest BCUT2D eigenvalue weighted by Crippen LogP contribution is 2.31. The highest BCUT2D eigenvalue weighted by atomic mass is 32.2. The minimum absolute atomic E-state index is 0.201. The average Bonchev–Trinajstić information content (AvgIpc) is 2.76. The number of pyridine rings is 1. The normalized spacial score (nSPS) is 15.1. The molecule has 1 fully saturated rings. The van der Waals surface area contributed by atoms with Gasteiger partial charge in [-0.15, -0.1) is 0 Å². The van der Waals surface area contributed by atoms with Gasteiger partial charge in [0.05, 0.1) is 16.3 Å². The van der Waals surface area contributed by atoms with Gasteiger partial charge >= 0.3 is 0 Å². The van der Waals surface area contributed by atoms with E-state index in [0.717, 1.165) is 38.0 Å². The third kappa shape index (κ3) is 4.76. The largest absolute Gasteiger partial charge is 0.370 e. The third-order valence-corrected chi connectivity index (χ3v) is 7.07. The molecule has 1 N–H and O–H groups in total. The van der Waals surface area contributed by atoms with Gasteiger partial charge in [-0.3, -0.25) is 9.78 Å². The van der Waals surface area contributed by atoms with Crippen LogP contribution in [0.5, 0.6) is 0 Å². The van der Waals surface area contributed by atoms with E-state index < -0.39 is 10.0 Å². The summed E-state index contributed by atoms with van der Waals surface area (Å²) in [5, 5.41) is 2.87. The van der Waals surface area contributed by atoms with Crippen LogP contribution in [-0.4, -0.2) is 49.8 Å². The molecular weight excluding hydrogens is 388 g/mol. The lowest BCUT2D eigenvalue weighted by atomic mass is 10.2. The Bertz CT molecular complexity index is 938. The molecule has 0 saturated carbocycles. The number of carbonyl (C=O) groups excluding carboxylic acids is 1. The van der Waals surface area contributed by atoms with E-state index in [0.29, 0.717) is 18.8 Å². The Balaban J connectivity index is 1.98. The first kappa shape index (κ1) is 21.3.